The number of H-pyrrole nitrogens is 1. The van der Waals surface area contributed by atoms with Crippen LogP contribution in [0.25, 0.3) is 22.0 Å². The Balaban J connectivity index is 1.68. The molecule has 2 aliphatic heterocycles. The normalized spacial score (nSPS) is 22.1. The Bertz CT molecular complexity index is 1150. The van der Waals surface area contributed by atoms with Gasteiger partial charge in [-0.1, -0.05) is 18.2 Å². The van der Waals surface area contributed by atoms with Gasteiger partial charge in [-0.05, 0) is 48.6 Å². The van der Waals surface area contributed by atoms with E-state index in [0.29, 0.717) is 24.3 Å². The number of fused-ring (bicyclic) bond motifs is 3. The minimum absolute atomic E-state index is 0.131. The van der Waals surface area contributed by atoms with E-state index >= 15 is 0 Å². The van der Waals surface area contributed by atoms with Crippen LogP contribution in [-0.4, -0.2) is 47.4 Å². The van der Waals surface area contributed by atoms with Crippen molar-refractivity contribution < 1.29 is 14.3 Å². The smallest absolute Gasteiger partial charge is 0.261 e. The summed E-state index contributed by atoms with van der Waals surface area (Å²) < 4.78 is 11.5. The largest absolute Gasteiger partial charge is 0.467 e. The van der Waals surface area contributed by atoms with Gasteiger partial charge in [-0.2, -0.15) is 5.10 Å². The van der Waals surface area contributed by atoms with Crippen LogP contribution in [0, 0.1) is 0 Å². The SMILES string of the molecule is CN1C(=O)[C@@]2(CCCCOCOc3ccc(-c4ccc5cn[nH]c5c4)cc32)N=C1N. The first-order valence-corrected chi connectivity index (χ1v) is 10.0. The number of hydrogen-bond acceptors (Lipinski definition) is 6. The molecule has 1 amide bonds. The zero-order chi connectivity index (χ0) is 20.7. The van der Waals surface area contributed by atoms with Crippen LogP contribution in [0.1, 0.15) is 24.8 Å². The Morgan fingerprint density at radius 1 is 1.17 bits per heavy atom. The summed E-state index contributed by atoms with van der Waals surface area (Å²) in [5.74, 6) is 0.680. The van der Waals surface area contributed by atoms with Gasteiger partial charge >= 0.3 is 0 Å². The highest BCUT2D eigenvalue weighted by Gasteiger charge is 2.49. The van der Waals surface area contributed by atoms with Crippen LogP contribution in [0.15, 0.2) is 47.6 Å². The summed E-state index contributed by atoms with van der Waals surface area (Å²) in [6.07, 6.45) is 3.95. The van der Waals surface area contributed by atoms with Gasteiger partial charge in [-0.3, -0.25) is 14.8 Å². The molecule has 2 aliphatic rings. The van der Waals surface area contributed by atoms with Gasteiger partial charge in [0.05, 0.1) is 18.3 Å². The molecule has 1 spiro atoms. The lowest BCUT2D eigenvalue weighted by atomic mass is 9.82. The minimum atomic E-state index is -1.08. The molecule has 3 heterocycles. The molecule has 0 saturated heterocycles. The Kier molecular flexibility index (Phi) is 4.43. The van der Waals surface area contributed by atoms with E-state index in [0.717, 1.165) is 34.9 Å². The number of carbonyl (C=O) groups excluding carboxylic acids is 1. The van der Waals surface area contributed by atoms with Crippen molar-refractivity contribution in [2.75, 3.05) is 20.4 Å². The molecule has 0 radical (unpaired) electrons. The van der Waals surface area contributed by atoms with Crippen molar-refractivity contribution in [1.82, 2.24) is 15.1 Å². The first kappa shape index (κ1) is 18.6. The molecule has 0 aliphatic carbocycles. The molecule has 0 unspecified atom stereocenters. The van der Waals surface area contributed by atoms with Gasteiger partial charge in [0.1, 0.15) is 5.75 Å². The fraction of sp³-hybridized carbons (Fsp3) is 0.318. The summed E-state index contributed by atoms with van der Waals surface area (Å²) in [6.45, 7) is 0.711. The van der Waals surface area contributed by atoms with Gasteiger partial charge in [0.25, 0.3) is 5.91 Å². The van der Waals surface area contributed by atoms with E-state index in [1.807, 2.05) is 36.4 Å². The molecule has 0 saturated carbocycles. The maximum absolute atomic E-state index is 13.3. The lowest BCUT2D eigenvalue weighted by molar-refractivity contribution is -0.131. The Labute approximate surface area is 173 Å². The summed E-state index contributed by atoms with van der Waals surface area (Å²) >= 11 is 0. The second-order valence-corrected chi connectivity index (χ2v) is 7.70. The predicted molar refractivity (Wildman–Crippen MR) is 113 cm³/mol. The van der Waals surface area contributed by atoms with Crippen molar-refractivity contribution in [1.29, 1.82) is 0 Å². The average molecular weight is 405 g/mol. The lowest BCUT2D eigenvalue weighted by Crippen LogP contribution is -2.41. The van der Waals surface area contributed by atoms with E-state index in [1.165, 1.54) is 4.90 Å². The second kappa shape index (κ2) is 7.14. The van der Waals surface area contributed by atoms with Crippen LogP contribution in [0.3, 0.4) is 0 Å². The maximum Gasteiger partial charge on any atom is 0.261 e. The molecule has 3 N–H and O–H groups in total. The number of nitrogens with one attached hydrogen (secondary N) is 1. The fourth-order valence-corrected chi connectivity index (χ4v) is 4.20. The third kappa shape index (κ3) is 2.91. The van der Waals surface area contributed by atoms with E-state index in [4.69, 9.17) is 15.2 Å². The van der Waals surface area contributed by atoms with E-state index in [2.05, 4.69) is 15.2 Å². The number of hydrogen-bond donors (Lipinski definition) is 2. The zero-order valence-corrected chi connectivity index (χ0v) is 16.7. The summed E-state index contributed by atoms with van der Waals surface area (Å²) in [7, 11) is 1.66. The van der Waals surface area contributed by atoms with Crippen molar-refractivity contribution in [3.8, 4) is 16.9 Å². The summed E-state index contributed by atoms with van der Waals surface area (Å²) in [5.41, 5.74) is 8.62. The number of aliphatic imine (C=N–C) groups is 1. The maximum atomic E-state index is 13.3. The molecule has 30 heavy (non-hydrogen) atoms. The highest BCUT2D eigenvalue weighted by Crippen LogP contribution is 2.44. The number of ether oxygens (including phenoxy) is 2. The van der Waals surface area contributed by atoms with E-state index in [-0.39, 0.29) is 18.7 Å². The number of aromatic amines is 1. The molecule has 154 valence electrons. The summed E-state index contributed by atoms with van der Waals surface area (Å²) in [6, 6.07) is 11.9. The van der Waals surface area contributed by atoms with Gasteiger partial charge in [0.15, 0.2) is 18.3 Å². The number of aromatic nitrogens is 2. The van der Waals surface area contributed by atoms with Crippen LogP contribution < -0.4 is 10.5 Å². The van der Waals surface area contributed by atoms with Crippen molar-refractivity contribution in [3.05, 3.63) is 48.2 Å². The number of nitrogens with two attached hydrogens (primary N) is 1. The number of likely N-dealkylation sites (N-methyl/N-ethyl adjacent to an activating group) is 1. The Hall–Kier alpha value is -3.39. The van der Waals surface area contributed by atoms with Crippen LogP contribution in [0.5, 0.6) is 5.75 Å². The molecule has 1 atom stereocenters. The Morgan fingerprint density at radius 3 is 2.83 bits per heavy atom. The molecule has 0 bridgehead atoms. The molecule has 3 aromatic rings. The number of nitrogens with zero attached hydrogens (tertiary/aromatic N) is 3. The van der Waals surface area contributed by atoms with Gasteiger partial charge < -0.3 is 15.2 Å². The van der Waals surface area contributed by atoms with Crippen LogP contribution >= 0.6 is 0 Å². The van der Waals surface area contributed by atoms with Crippen molar-refractivity contribution in [2.45, 2.75) is 24.8 Å². The van der Waals surface area contributed by atoms with Crippen LogP contribution in [-0.2, 0) is 15.1 Å². The van der Waals surface area contributed by atoms with E-state index in [9.17, 15) is 4.79 Å². The first-order valence-electron chi connectivity index (χ1n) is 10.0. The molecule has 0 fully saturated rings. The van der Waals surface area contributed by atoms with Crippen molar-refractivity contribution >= 4 is 22.8 Å². The molecule has 1 aromatic heterocycles. The van der Waals surface area contributed by atoms with Crippen molar-refractivity contribution in [2.24, 2.45) is 10.7 Å². The molecule has 5 rings (SSSR count). The minimum Gasteiger partial charge on any atom is -0.467 e. The molecular formula is C22H23N5O3. The van der Waals surface area contributed by atoms with Gasteiger partial charge in [-0.25, -0.2) is 4.99 Å². The molecule has 8 nitrogen and oxygen atoms in total. The lowest BCUT2D eigenvalue weighted by Gasteiger charge is -2.29. The predicted octanol–water partition coefficient (Wildman–Crippen LogP) is 2.75. The molecule has 8 heteroatoms. The highest BCUT2D eigenvalue weighted by molar-refractivity contribution is 6.07. The number of guanidine groups is 1. The first-order chi connectivity index (χ1) is 14.6. The standard InChI is InChI=1S/C22H23N5O3/c1-27-20(28)22(25-21(27)23)8-2-3-9-29-13-30-19-7-6-14(10-17(19)22)15-4-5-16-12-24-26-18(16)11-15/h4-7,10-12H,2-3,8-9,13H2,1H3,(H2,23,25)(H,24,26)/t22-/m0/s1. The quantitative estimate of drug-likeness (QED) is 0.648. The van der Waals surface area contributed by atoms with E-state index < -0.39 is 5.54 Å². The Morgan fingerprint density at radius 2 is 2.00 bits per heavy atom. The topological polar surface area (TPSA) is 106 Å². The van der Waals surface area contributed by atoms with Crippen molar-refractivity contribution in [3.63, 3.8) is 0 Å². The van der Waals surface area contributed by atoms with E-state index in [1.54, 1.807) is 13.2 Å². The molecular weight excluding hydrogens is 382 g/mol. The zero-order valence-electron chi connectivity index (χ0n) is 16.7. The molecule has 2 aromatic carbocycles. The number of rotatable bonds is 1. The van der Waals surface area contributed by atoms with Gasteiger partial charge in [0.2, 0.25) is 0 Å². The third-order valence-electron chi connectivity index (χ3n) is 5.88. The highest BCUT2D eigenvalue weighted by atomic mass is 16.7. The summed E-state index contributed by atoms with van der Waals surface area (Å²) in [4.78, 5) is 19.4. The van der Waals surface area contributed by atoms with Gasteiger partial charge in [0, 0.05) is 18.0 Å². The number of benzene rings is 2. The second-order valence-electron chi connectivity index (χ2n) is 7.70. The van der Waals surface area contributed by atoms with Gasteiger partial charge in [-0.15, -0.1) is 0 Å². The average Bonchev–Trinajstić information content (AvgIpc) is 3.32. The number of amides is 1. The third-order valence-corrected chi connectivity index (χ3v) is 5.88. The van der Waals surface area contributed by atoms with Crippen LogP contribution in [0.2, 0.25) is 0 Å². The monoisotopic (exact) mass is 405 g/mol. The van der Waals surface area contributed by atoms with Crippen LogP contribution in [0.4, 0.5) is 0 Å². The number of carbonyl (C=O) groups is 1. The summed E-state index contributed by atoms with van der Waals surface area (Å²) in [5, 5.41) is 8.14. The fourth-order valence-electron chi connectivity index (χ4n) is 4.20.